The van der Waals surface area contributed by atoms with Crippen LogP contribution in [0.25, 0.3) is 0 Å². The van der Waals surface area contributed by atoms with Gasteiger partial charge in [-0.15, -0.1) is 0 Å². The van der Waals surface area contributed by atoms with E-state index in [1.165, 1.54) is 0 Å². The van der Waals surface area contributed by atoms with Crippen LogP contribution in [0.2, 0.25) is 0 Å². The summed E-state index contributed by atoms with van der Waals surface area (Å²) in [6.45, 7) is 5.18. The van der Waals surface area contributed by atoms with Crippen LogP contribution in [0.4, 0.5) is 5.69 Å². The maximum atomic E-state index is 8.77. The summed E-state index contributed by atoms with van der Waals surface area (Å²) in [5.74, 6) is 0. The molecule has 1 rings (SSSR count). The van der Waals surface area contributed by atoms with Gasteiger partial charge in [0, 0.05) is 22.0 Å². The zero-order chi connectivity index (χ0) is 16.4. The average molecular weight is 441 g/mol. The van der Waals surface area contributed by atoms with Crippen molar-refractivity contribution in [2.45, 2.75) is 6.92 Å². The first kappa shape index (κ1) is 19.9. The van der Waals surface area contributed by atoms with E-state index in [4.69, 9.17) is 19.7 Å². The van der Waals surface area contributed by atoms with E-state index < -0.39 is 0 Å². The average Bonchev–Trinajstić information content (AvgIpc) is 2.46. The molecule has 0 radical (unpaired) electrons. The molecule has 0 fully saturated rings. The minimum absolute atomic E-state index is 0.0253. The Hall–Kier alpha value is -0.180. The summed E-state index contributed by atoms with van der Waals surface area (Å²) in [5.41, 5.74) is 2.21. The number of hydrogen-bond donors (Lipinski definition) is 2. The Morgan fingerprint density at radius 3 is 1.77 bits per heavy atom. The molecule has 22 heavy (non-hydrogen) atoms. The summed E-state index contributed by atoms with van der Waals surface area (Å²) in [6, 6.07) is 4.13. The fourth-order valence-electron chi connectivity index (χ4n) is 2.01. The third kappa shape index (κ3) is 6.93. The number of nitrogens with zero attached hydrogens (tertiary/aromatic N) is 1. The van der Waals surface area contributed by atoms with Crippen LogP contribution < -0.4 is 4.90 Å². The van der Waals surface area contributed by atoms with Gasteiger partial charge >= 0.3 is 0 Å². The topological polar surface area (TPSA) is 62.2 Å². The van der Waals surface area contributed by atoms with Crippen LogP contribution in [0, 0.1) is 6.92 Å². The molecule has 1 aromatic rings. The minimum Gasteiger partial charge on any atom is -0.394 e. The molecule has 0 unspecified atom stereocenters. The molecule has 0 aliphatic carbocycles. The molecule has 5 nitrogen and oxygen atoms in total. The standard InChI is InChI=1S/C15H23Br2NO4/c1-12-10-13(16)15(14(17)11-12)18(2-6-21-8-4-19)3-7-22-9-5-20/h10-11,19-20H,2-9H2,1H3. The van der Waals surface area contributed by atoms with Crippen LogP contribution in [0.5, 0.6) is 0 Å². The van der Waals surface area contributed by atoms with E-state index in [2.05, 4.69) is 48.9 Å². The van der Waals surface area contributed by atoms with Gasteiger partial charge in [0.25, 0.3) is 0 Å². The number of rotatable bonds is 11. The zero-order valence-corrected chi connectivity index (χ0v) is 15.9. The first-order valence-electron chi connectivity index (χ1n) is 7.18. The smallest absolute Gasteiger partial charge is 0.0698 e. The lowest BCUT2D eigenvalue weighted by molar-refractivity contribution is 0.0884. The van der Waals surface area contributed by atoms with E-state index in [1.807, 2.05) is 6.92 Å². The number of aliphatic hydroxyl groups is 2. The van der Waals surface area contributed by atoms with Gasteiger partial charge in [0.2, 0.25) is 0 Å². The second kappa shape index (κ2) is 11.4. The van der Waals surface area contributed by atoms with Gasteiger partial charge in [-0.25, -0.2) is 0 Å². The lowest BCUT2D eigenvalue weighted by Crippen LogP contribution is -2.32. The molecule has 7 heteroatoms. The maximum absolute atomic E-state index is 8.77. The number of aliphatic hydroxyl groups excluding tert-OH is 2. The maximum Gasteiger partial charge on any atom is 0.0698 e. The predicted molar refractivity (Wildman–Crippen MR) is 94.6 cm³/mol. The molecule has 0 bridgehead atoms. The fourth-order valence-corrected chi connectivity index (χ4v) is 3.93. The van der Waals surface area contributed by atoms with E-state index in [-0.39, 0.29) is 13.2 Å². The van der Waals surface area contributed by atoms with Gasteiger partial charge in [-0.3, -0.25) is 0 Å². The van der Waals surface area contributed by atoms with Crippen LogP contribution >= 0.6 is 31.9 Å². The first-order valence-corrected chi connectivity index (χ1v) is 8.76. The molecule has 2 N–H and O–H groups in total. The summed E-state index contributed by atoms with van der Waals surface area (Å²) in [6.07, 6.45) is 0. The predicted octanol–water partition coefficient (Wildman–Crippen LogP) is 2.34. The molecule has 126 valence electrons. The van der Waals surface area contributed by atoms with Crippen molar-refractivity contribution in [3.8, 4) is 0 Å². The summed E-state index contributed by atoms with van der Waals surface area (Å²) >= 11 is 7.22. The van der Waals surface area contributed by atoms with Crippen molar-refractivity contribution in [1.29, 1.82) is 0 Å². The Bertz CT molecular complexity index is 411. The number of anilines is 1. The zero-order valence-electron chi connectivity index (χ0n) is 12.7. The molecule has 0 aliphatic rings. The minimum atomic E-state index is 0.0253. The van der Waals surface area contributed by atoms with Gasteiger partial charge in [0.05, 0.1) is 45.3 Å². The Morgan fingerprint density at radius 2 is 1.36 bits per heavy atom. The van der Waals surface area contributed by atoms with Crippen molar-refractivity contribution in [3.63, 3.8) is 0 Å². The summed E-state index contributed by atoms with van der Waals surface area (Å²) in [5, 5.41) is 17.5. The van der Waals surface area contributed by atoms with E-state index in [0.29, 0.717) is 39.5 Å². The fraction of sp³-hybridized carbons (Fsp3) is 0.600. The van der Waals surface area contributed by atoms with E-state index >= 15 is 0 Å². The molecule has 0 saturated heterocycles. The monoisotopic (exact) mass is 439 g/mol. The van der Waals surface area contributed by atoms with Crippen LogP contribution in [-0.2, 0) is 9.47 Å². The SMILES string of the molecule is Cc1cc(Br)c(N(CCOCCO)CCOCCO)c(Br)c1. The molecule has 0 saturated carbocycles. The van der Waals surface area contributed by atoms with Crippen LogP contribution in [0.3, 0.4) is 0 Å². The van der Waals surface area contributed by atoms with Crippen LogP contribution in [0.15, 0.2) is 21.1 Å². The Labute approximate surface area is 148 Å². The van der Waals surface area contributed by atoms with Crippen LogP contribution in [0.1, 0.15) is 5.56 Å². The second-order valence-corrected chi connectivity index (χ2v) is 6.44. The third-order valence-electron chi connectivity index (χ3n) is 2.96. The highest BCUT2D eigenvalue weighted by atomic mass is 79.9. The highest BCUT2D eigenvalue weighted by Crippen LogP contribution is 2.35. The number of benzene rings is 1. The molecular weight excluding hydrogens is 418 g/mol. The van der Waals surface area contributed by atoms with E-state index in [9.17, 15) is 0 Å². The Morgan fingerprint density at radius 1 is 0.909 bits per heavy atom. The molecular formula is C15H23Br2NO4. The first-order chi connectivity index (χ1) is 10.6. The summed E-state index contributed by atoms with van der Waals surface area (Å²) < 4.78 is 12.7. The Balaban J connectivity index is 2.75. The molecule has 0 spiro atoms. The molecule has 0 aliphatic heterocycles. The molecule has 0 heterocycles. The van der Waals surface area contributed by atoms with Crippen molar-refractivity contribution in [1.82, 2.24) is 0 Å². The van der Waals surface area contributed by atoms with Gasteiger partial charge in [0.1, 0.15) is 0 Å². The van der Waals surface area contributed by atoms with Crippen molar-refractivity contribution < 1.29 is 19.7 Å². The molecule has 0 aromatic heterocycles. The molecule has 0 atom stereocenters. The van der Waals surface area contributed by atoms with Crippen molar-refractivity contribution in [2.75, 3.05) is 57.6 Å². The van der Waals surface area contributed by atoms with Gasteiger partial charge in [-0.2, -0.15) is 0 Å². The van der Waals surface area contributed by atoms with E-state index in [1.54, 1.807) is 0 Å². The summed E-state index contributed by atoms with van der Waals surface area (Å²) in [4.78, 5) is 2.16. The van der Waals surface area contributed by atoms with Gasteiger partial charge in [0.15, 0.2) is 0 Å². The van der Waals surface area contributed by atoms with Gasteiger partial charge < -0.3 is 24.6 Å². The third-order valence-corrected chi connectivity index (χ3v) is 4.17. The number of halogens is 2. The largest absolute Gasteiger partial charge is 0.394 e. The van der Waals surface area contributed by atoms with Gasteiger partial charge in [-0.1, -0.05) is 0 Å². The quantitative estimate of drug-likeness (QED) is 0.517. The number of ether oxygens (including phenoxy) is 2. The molecule has 0 amide bonds. The van der Waals surface area contributed by atoms with Crippen LogP contribution in [-0.4, -0.2) is 62.9 Å². The van der Waals surface area contributed by atoms with E-state index in [0.717, 1.165) is 20.2 Å². The highest BCUT2D eigenvalue weighted by Gasteiger charge is 2.14. The Kier molecular flexibility index (Phi) is 10.3. The summed E-state index contributed by atoms with van der Waals surface area (Å²) in [7, 11) is 0. The highest BCUT2D eigenvalue weighted by molar-refractivity contribution is 9.11. The second-order valence-electron chi connectivity index (χ2n) is 4.74. The normalized spacial score (nSPS) is 11.0. The lowest BCUT2D eigenvalue weighted by atomic mass is 10.2. The molecule has 1 aromatic carbocycles. The lowest BCUT2D eigenvalue weighted by Gasteiger charge is -2.27. The van der Waals surface area contributed by atoms with Crippen molar-refractivity contribution >= 4 is 37.5 Å². The van der Waals surface area contributed by atoms with Crippen molar-refractivity contribution in [2.24, 2.45) is 0 Å². The van der Waals surface area contributed by atoms with Crippen molar-refractivity contribution in [3.05, 3.63) is 26.6 Å². The van der Waals surface area contributed by atoms with Gasteiger partial charge in [-0.05, 0) is 56.5 Å². The number of hydrogen-bond acceptors (Lipinski definition) is 5. The number of aryl methyl sites for hydroxylation is 1.